The van der Waals surface area contributed by atoms with Gasteiger partial charge in [-0.05, 0) is 42.0 Å². The van der Waals surface area contributed by atoms with Crippen LogP contribution in [0.2, 0.25) is 0 Å². The molecule has 1 saturated carbocycles. The summed E-state index contributed by atoms with van der Waals surface area (Å²) in [5, 5.41) is 0. The molecule has 0 spiro atoms. The van der Waals surface area contributed by atoms with Gasteiger partial charge in [-0.2, -0.15) is 12.6 Å². The van der Waals surface area contributed by atoms with Gasteiger partial charge in [0, 0.05) is 10.8 Å². The van der Waals surface area contributed by atoms with E-state index in [0.717, 1.165) is 5.75 Å². The molecule has 0 aromatic heterocycles. The highest BCUT2D eigenvalue weighted by molar-refractivity contribution is 8.18. The molecule has 0 bridgehead atoms. The molecule has 0 amide bonds. The van der Waals surface area contributed by atoms with Gasteiger partial charge in [-0.15, -0.1) is 11.8 Å². The molecule has 25 heavy (non-hydrogen) atoms. The maximum Gasteiger partial charge on any atom is 0.118 e. The van der Waals surface area contributed by atoms with Crippen LogP contribution in [0.25, 0.3) is 4.91 Å². The molecule has 3 unspecified atom stereocenters. The summed E-state index contributed by atoms with van der Waals surface area (Å²) >= 11 is 7.21. The Kier molecular flexibility index (Phi) is 4.88. The van der Waals surface area contributed by atoms with E-state index in [1.54, 1.807) is 7.11 Å². The minimum atomic E-state index is 0.0305. The summed E-state index contributed by atoms with van der Waals surface area (Å²) in [5.74, 6) is 1.91. The molecule has 0 N–H and O–H groups in total. The number of thiol groups is 1. The SMILES string of the molecule is COc1ccc(C2C=C(c3ccccc3)SC3(S)CCCCC23)cc1. The number of fused-ring (bicyclic) bond motifs is 1. The topological polar surface area (TPSA) is 9.23 Å². The Morgan fingerprint density at radius 3 is 2.52 bits per heavy atom. The summed E-state index contributed by atoms with van der Waals surface area (Å²) in [7, 11) is 1.72. The Hall–Kier alpha value is -1.32. The third-order valence-corrected chi connectivity index (χ3v) is 7.77. The van der Waals surface area contributed by atoms with Gasteiger partial charge in [0.15, 0.2) is 0 Å². The first-order valence-corrected chi connectivity index (χ1v) is 10.3. The fraction of sp³-hybridized carbons (Fsp3) is 0.364. The number of rotatable bonds is 3. The number of thioether (sulfide) groups is 1. The van der Waals surface area contributed by atoms with Crippen LogP contribution in [-0.4, -0.2) is 11.2 Å². The first-order valence-electron chi connectivity index (χ1n) is 9.02. The summed E-state index contributed by atoms with van der Waals surface area (Å²) in [4.78, 5) is 1.37. The van der Waals surface area contributed by atoms with Crippen molar-refractivity contribution in [2.75, 3.05) is 7.11 Å². The van der Waals surface area contributed by atoms with Crippen molar-refractivity contribution >= 4 is 29.3 Å². The summed E-state index contributed by atoms with van der Waals surface area (Å²) in [5.41, 5.74) is 2.68. The first kappa shape index (κ1) is 17.1. The Balaban J connectivity index is 1.77. The maximum atomic E-state index is 5.34. The molecule has 1 aliphatic heterocycles. The number of hydrogen-bond donors (Lipinski definition) is 1. The Morgan fingerprint density at radius 1 is 1.04 bits per heavy atom. The zero-order chi connectivity index (χ0) is 17.3. The second-order valence-corrected chi connectivity index (χ2v) is 9.47. The van der Waals surface area contributed by atoms with Gasteiger partial charge in [0.25, 0.3) is 0 Å². The van der Waals surface area contributed by atoms with E-state index in [4.69, 9.17) is 17.4 Å². The third kappa shape index (κ3) is 3.37. The summed E-state index contributed by atoms with van der Waals surface area (Å²) in [6.45, 7) is 0. The van der Waals surface area contributed by atoms with Crippen LogP contribution in [0.5, 0.6) is 5.75 Å². The van der Waals surface area contributed by atoms with Crippen molar-refractivity contribution in [1.29, 1.82) is 0 Å². The van der Waals surface area contributed by atoms with Crippen LogP contribution >= 0.6 is 24.4 Å². The zero-order valence-corrected chi connectivity index (χ0v) is 16.2. The average Bonchev–Trinajstić information content (AvgIpc) is 2.67. The van der Waals surface area contributed by atoms with Crippen LogP contribution in [0.1, 0.15) is 42.7 Å². The Morgan fingerprint density at radius 2 is 1.80 bits per heavy atom. The van der Waals surface area contributed by atoms with Gasteiger partial charge < -0.3 is 4.74 Å². The van der Waals surface area contributed by atoms with E-state index in [1.165, 1.54) is 41.7 Å². The van der Waals surface area contributed by atoms with E-state index in [-0.39, 0.29) is 4.08 Å². The molecule has 3 heteroatoms. The summed E-state index contributed by atoms with van der Waals surface area (Å²) < 4.78 is 5.37. The molecule has 1 aliphatic carbocycles. The lowest BCUT2D eigenvalue weighted by atomic mass is 9.75. The van der Waals surface area contributed by atoms with Crippen molar-refractivity contribution in [2.45, 2.75) is 35.7 Å². The van der Waals surface area contributed by atoms with Crippen LogP contribution in [-0.2, 0) is 0 Å². The van der Waals surface area contributed by atoms with E-state index in [9.17, 15) is 0 Å². The largest absolute Gasteiger partial charge is 0.497 e. The molecule has 2 aliphatic rings. The fourth-order valence-electron chi connectivity index (χ4n) is 4.16. The smallest absolute Gasteiger partial charge is 0.118 e. The van der Waals surface area contributed by atoms with E-state index in [2.05, 4.69) is 60.7 Å². The maximum absolute atomic E-state index is 5.34. The predicted octanol–water partition coefficient (Wildman–Crippen LogP) is 6.38. The second kappa shape index (κ2) is 7.13. The molecular formula is C22H24OS2. The lowest BCUT2D eigenvalue weighted by Gasteiger charge is -2.47. The van der Waals surface area contributed by atoms with Crippen molar-refractivity contribution in [3.05, 3.63) is 71.8 Å². The minimum absolute atomic E-state index is 0.0305. The van der Waals surface area contributed by atoms with E-state index < -0.39 is 0 Å². The molecule has 130 valence electrons. The average molecular weight is 369 g/mol. The number of benzene rings is 2. The van der Waals surface area contributed by atoms with E-state index in [0.29, 0.717) is 11.8 Å². The van der Waals surface area contributed by atoms with Gasteiger partial charge in [-0.3, -0.25) is 0 Å². The lowest BCUT2D eigenvalue weighted by Crippen LogP contribution is -2.38. The first-order chi connectivity index (χ1) is 12.2. The number of ether oxygens (including phenoxy) is 1. The third-order valence-electron chi connectivity index (χ3n) is 5.49. The van der Waals surface area contributed by atoms with Crippen molar-refractivity contribution in [2.24, 2.45) is 5.92 Å². The van der Waals surface area contributed by atoms with Crippen molar-refractivity contribution < 1.29 is 4.74 Å². The molecule has 2 aromatic rings. The molecule has 1 heterocycles. The standard InChI is InChI=1S/C22H24OS2/c1-23-18-12-10-16(11-13-18)19-15-21(17-7-3-2-4-8-17)25-22(24)14-6-5-9-20(19)22/h2-4,7-8,10-13,15,19-20,24H,5-6,9,14H2,1H3. The summed E-state index contributed by atoms with van der Waals surface area (Å²) in [6.07, 6.45) is 7.51. The molecular weight excluding hydrogens is 344 g/mol. The molecule has 1 nitrogen and oxygen atoms in total. The molecule has 2 aromatic carbocycles. The van der Waals surface area contributed by atoms with Gasteiger partial charge in [-0.25, -0.2) is 0 Å². The molecule has 3 atom stereocenters. The highest BCUT2D eigenvalue weighted by atomic mass is 32.2. The van der Waals surface area contributed by atoms with Gasteiger partial charge in [0.1, 0.15) is 5.75 Å². The Bertz CT molecular complexity index is 753. The van der Waals surface area contributed by atoms with Crippen LogP contribution in [0.3, 0.4) is 0 Å². The van der Waals surface area contributed by atoms with Crippen molar-refractivity contribution in [3.63, 3.8) is 0 Å². The predicted molar refractivity (Wildman–Crippen MR) is 111 cm³/mol. The van der Waals surface area contributed by atoms with Crippen LogP contribution in [0.15, 0.2) is 60.7 Å². The molecule has 4 rings (SSSR count). The molecule has 0 saturated heterocycles. The molecule has 0 radical (unpaired) electrons. The lowest BCUT2D eigenvalue weighted by molar-refractivity contribution is 0.322. The van der Waals surface area contributed by atoms with E-state index in [1.807, 2.05) is 11.8 Å². The van der Waals surface area contributed by atoms with Crippen molar-refractivity contribution in [3.8, 4) is 5.75 Å². The number of allylic oxidation sites excluding steroid dienone is 1. The van der Waals surface area contributed by atoms with Gasteiger partial charge in [0.05, 0.1) is 11.2 Å². The normalized spacial score (nSPS) is 28.8. The fourth-order valence-corrected chi connectivity index (χ4v) is 6.41. The second-order valence-electron chi connectivity index (χ2n) is 7.00. The van der Waals surface area contributed by atoms with Crippen LogP contribution in [0, 0.1) is 5.92 Å². The number of hydrogen-bond acceptors (Lipinski definition) is 3. The highest BCUT2D eigenvalue weighted by Crippen LogP contribution is 2.60. The zero-order valence-electron chi connectivity index (χ0n) is 14.5. The van der Waals surface area contributed by atoms with Crippen LogP contribution in [0.4, 0.5) is 0 Å². The summed E-state index contributed by atoms with van der Waals surface area (Å²) in [6, 6.07) is 19.4. The van der Waals surface area contributed by atoms with E-state index >= 15 is 0 Å². The minimum Gasteiger partial charge on any atom is -0.497 e. The van der Waals surface area contributed by atoms with Gasteiger partial charge in [-0.1, -0.05) is 61.4 Å². The van der Waals surface area contributed by atoms with Crippen molar-refractivity contribution in [1.82, 2.24) is 0 Å². The monoisotopic (exact) mass is 368 g/mol. The highest BCUT2D eigenvalue weighted by Gasteiger charge is 2.46. The van der Waals surface area contributed by atoms with Gasteiger partial charge >= 0.3 is 0 Å². The van der Waals surface area contributed by atoms with Crippen LogP contribution < -0.4 is 4.74 Å². The Labute approximate surface area is 160 Å². The van der Waals surface area contributed by atoms with Gasteiger partial charge in [0.2, 0.25) is 0 Å². The quantitative estimate of drug-likeness (QED) is 0.629. The molecule has 1 fully saturated rings. The number of methoxy groups -OCH3 is 1.